The van der Waals surface area contributed by atoms with E-state index in [1.807, 2.05) is 0 Å². The first-order valence-corrected chi connectivity index (χ1v) is 6.50. The van der Waals surface area contributed by atoms with Crippen molar-refractivity contribution < 1.29 is 9.53 Å². The molecule has 0 spiro atoms. The molecule has 0 radical (unpaired) electrons. The monoisotopic (exact) mass is 242 g/mol. The van der Waals surface area contributed by atoms with Gasteiger partial charge in [-0.3, -0.25) is 4.79 Å². The molecule has 0 aromatic carbocycles. The minimum atomic E-state index is -0.388. The molecule has 0 aromatic rings. The maximum absolute atomic E-state index is 11.9. The molecule has 1 saturated heterocycles. The lowest BCUT2D eigenvalue weighted by Gasteiger charge is -2.36. The third-order valence-corrected chi connectivity index (χ3v) is 3.11. The van der Waals surface area contributed by atoms with Gasteiger partial charge in [0.25, 0.3) is 0 Å². The van der Waals surface area contributed by atoms with Crippen molar-refractivity contribution in [3.05, 3.63) is 0 Å². The van der Waals surface area contributed by atoms with Crippen molar-refractivity contribution in [2.75, 3.05) is 6.61 Å². The molecule has 0 aromatic heterocycles. The summed E-state index contributed by atoms with van der Waals surface area (Å²) >= 11 is 0. The van der Waals surface area contributed by atoms with Crippen molar-refractivity contribution in [1.29, 1.82) is 0 Å². The van der Waals surface area contributed by atoms with Crippen molar-refractivity contribution >= 4 is 5.91 Å². The van der Waals surface area contributed by atoms with Crippen molar-refractivity contribution in [2.45, 2.75) is 64.6 Å². The second-order valence-electron chi connectivity index (χ2n) is 6.04. The van der Waals surface area contributed by atoms with E-state index in [0.29, 0.717) is 12.5 Å². The number of carbonyl (C=O) groups is 1. The summed E-state index contributed by atoms with van der Waals surface area (Å²) in [7, 11) is 0. The SMILES string of the molecule is CC(C)C[C@H](N)C(=O)NC1CCOC(C)(C)C1. The van der Waals surface area contributed by atoms with E-state index in [1.54, 1.807) is 0 Å². The predicted octanol–water partition coefficient (Wildman–Crippen LogP) is 1.43. The van der Waals surface area contributed by atoms with E-state index in [0.717, 1.165) is 19.3 Å². The molecular weight excluding hydrogens is 216 g/mol. The summed E-state index contributed by atoms with van der Waals surface area (Å²) in [5.41, 5.74) is 5.72. The van der Waals surface area contributed by atoms with Gasteiger partial charge >= 0.3 is 0 Å². The quantitative estimate of drug-likeness (QED) is 0.784. The minimum Gasteiger partial charge on any atom is -0.375 e. The second-order valence-corrected chi connectivity index (χ2v) is 6.04. The van der Waals surface area contributed by atoms with Crippen LogP contribution in [0.1, 0.15) is 47.0 Å². The Morgan fingerprint density at radius 2 is 2.18 bits per heavy atom. The van der Waals surface area contributed by atoms with Gasteiger partial charge in [-0.05, 0) is 39.0 Å². The molecule has 1 aliphatic heterocycles. The van der Waals surface area contributed by atoms with Crippen molar-refractivity contribution in [3.8, 4) is 0 Å². The zero-order chi connectivity index (χ0) is 13.1. The van der Waals surface area contributed by atoms with Gasteiger partial charge in [0.2, 0.25) is 5.91 Å². The van der Waals surface area contributed by atoms with Crippen LogP contribution in [0.3, 0.4) is 0 Å². The lowest BCUT2D eigenvalue weighted by atomic mass is 9.93. The Bertz CT molecular complexity index is 264. The van der Waals surface area contributed by atoms with Gasteiger partial charge in [0, 0.05) is 12.6 Å². The Morgan fingerprint density at radius 1 is 1.53 bits per heavy atom. The van der Waals surface area contributed by atoms with E-state index in [2.05, 4.69) is 33.0 Å². The first-order chi connectivity index (χ1) is 7.80. The molecule has 17 heavy (non-hydrogen) atoms. The van der Waals surface area contributed by atoms with Crippen LogP contribution < -0.4 is 11.1 Å². The standard InChI is InChI=1S/C13H26N2O2/c1-9(2)7-11(14)12(16)15-10-5-6-17-13(3,4)8-10/h9-11H,5-8,14H2,1-4H3,(H,15,16)/t10?,11-/m0/s1. The number of amides is 1. The van der Waals surface area contributed by atoms with Crippen LogP contribution in [0.5, 0.6) is 0 Å². The molecule has 4 nitrogen and oxygen atoms in total. The molecule has 3 N–H and O–H groups in total. The Balaban J connectivity index is 2.40. The van der Waals surface area contributed by atoms with Crippen molar-refractivity contribution in [3.63, 3.8) is 0 Å². The molecule has 1 fully saturated rings. The number of hydrogen-bond donors (Lipinski definition) is 2. The van der Waals surface area contributed by atoms with Gasteiger partial charge in [-0.2, -0.15) is 0 Å². The fourth-order valence-corrected chi connectivity index (χ4v) is 2.28. The fourth-order valence-electron chi connectivity index (χ4n) is 2.28. The first kappa shape index (κ1) is 14.5. The number of hydrogen-bond acceptors (Lipinski definition) is 3. The molecule has 1 rings (SSSR count). The smallest absolute Gasteiger partial charge is 0.237 e. The van der Waals surface area contributed by atoms with Crippen molar-refractivity contribution in [2.24, 2.45) is 11.7 Å². The summed E-state index contributed by atoms with van der Waals surface area (Å²) in [4.78, 5) is 11.9. The number of rotatable bonds is 4. The van der Waals surface area contributed by atoms with Crippen LogP contribution in [-0.4, -0.2) is 30.2 Å². The van der Waals surface area contributed by atoms with Crippen LogP contribution in [-0.2, 0) is 9.53 Å². The first-order valence-electron chi connectivity index (χ1n) is 6.50. The summed E-state index contributed by atoms with van der Waals surface area (Å²) in [5.74, 6) is 0.420. The van der Waals surface area contributed by atoms with Gasteiger partial charge in [-0.15, -0.1) is 0 Å². The largest absolute Gasteiger partial charge is 0.375 e. The number of carbonyl (C=O) groups excluding carboxylic acids is 1. The Morgan fingerprint density at radius 3 is 2.71 bits per heavy atom. The van der Waals surface area contributed by atoms with Crippen molar-refractivity contribution in [1.82, 2.24) is 5.32 Å². The highest BCUT2D eigenvalue weighted by molar-refractivity contribution is 5.81. The molecule has 1 amide bonds. The van der Waals surface area contributed by atoms with E-state index in [-0.39, 0.29) is 23.6 Å². The number of ether oxygens (including phenoxy) is 1. The molecule has 2 atom stereocenters. The summed E-state index contributed by atoms with van der Waals surface area (Å²) in [6.07, 6.45) is 2.47. The molecule has 4 heteroatoms. The molecule has 0 bridgehead atoms. The van der Waals surface area contributed by atoms with Crippen LogP contribution >= 0.6 is 0 Å². The molecule has 1 unspecified atom stereocenters. The Hall–Kier alpha value is -0.610. The van der Waals surface area contributed by atoms with Crippen LogP contribution in [0, 0.1) is 5.92 Å². The lowest BCUT2D eigenvalue weighted by Crippen LogP contribution is -2.50. The normalized spacial score (nSPS) is 25.6. The van der Waals surface area contributed by atoms with Crippen LogP contribution in [0.2, 0.25) is 0 Å². The topological polar surface area (TPSA) is 64.4 Å². The minimum absolute atomic E-state index is 0.0265. The molecule has 1 heterocycles. The Labute approximate surface area is 104 Å². The lowest BCUT2D eigenvalue weighted by molar-refractivity contribution is -0.125. The average molecular weight is 242 g/mol. The third kappa shape index (κ3) is 5.04. The van der Waals surface area contributed by atoms with Gasteiger partial charge in [-0.1, -0.05) is 13.8 Å². The van der Waals surface area contributed by atoms with Gasteiger partial charge in [0.05, 0.1) is 11.6 Å². The number of nitrogens with two attached hydrogens (primary N) is 1. The highest BCUT2D eigenvalue weighted by atomic mass is 16.5. The van der Waals surface area contributed by atoms with Crippen LogP contribution in [0.15, 0.2) is 0 Å². The molecular formula is C13H26N2O2. The zero-order valence-corrected chi connectivity index (χ0v) is 11.5. The highest BCUT2D eigenvalue weighted by Gasteiger charge is 2.30. The average Bonchev–Trinajstić information content (AvgIpc) is 2.14. The Kier molecular flexibility index (Phi) is 4.95. The van der Waals surface area contributed by atoms with Gasteiger partial charge in [0.15, 0.2) is 0 Å². The summed E-state index contributed by atoms with van der Waals surface area (Å²) in [6.45, 7) is 8.96. The summed E-state index contributed by atoms with van der Waals surface area (Å²) < 4.78 is 5.62. The van der Waals surface area contributed by atoms with Gasteiger partial charge < -0.3 is 15.8 Å². The predicted molar refractivity (Wildman–Crippen MR) is 68.6 cm³/mol. The van der Waals surface area contributed by atoms with E-state index in [1.165, 1.54) is 0 Å². The van der Waals surface area contributed by atoms with Crippen LogP contribution in [0.25, 0.3) is 0 Å². The van der Waals surface area contributed by atoms with E-state index >= 15 is 0 Å². The van der Waals surface area contributed by atoms with Gasteiger partial charge in [-0.25, -0.2) is 0 Å². The van der Waals surface area contributed by atoms with E-state index in [4.69, 9.17) is 10.5 Å². The molecule has 1 aliphatic rings. The maximum Gasteiger partial charge on any atom is 0.237 e. The highest BCUT2D eigenvalue weighted by Crippen LogP contribution is 2.23. The van der Waals surface area contributed by atoms with Gasteiger partial charge in [0.1, 0.15) is 0 Å². The summed E-state index contributed by atoms with van der Waals surface area (Å²) in [5, 5.41) is 3.04. The number of nitrogens with one attached hydrogen (secondary N) is 1. The third-order valence-electron chi connectivity index (χ3n) is 3.11. The van der Waals surface area contributed by atoms with Crippen LogP contribution in [0.4, 0.5) is 0 Å². The van der Waals surface area contributed by atoms with E-state index < -0.39 is 0 Å². The molecule has 0 saturated carbocycles. The summed E-state index contributed by atoms with van der Waals surface area (Å²) in [6, 6.07) is -0.189. The second kappa shape index (κ2) is 5.83. The zero-order valence-electron chi connectivity index (χ0n) is 11.5. The maximum atomic E-state index is 11.9. The van der Waals surface area contributed by atoms with E-state index in [9.17, 15) is 4.79 Å². The molecule has 0 aliphatic carbocycles. The molecule has 100 valence electrons. The fraction of sp³-hybridized carbons (Fsp3) is 0.923.